The number of nitrogens with zero attached hydrogens (tertiary/aromatic N) is 4. The fourth-order valence-corrected chi connectivity index (χ4v) is 3.82. The van der Waals surface area contributed by atoms with Crippen molar-refractivity contribution < 1.29 is 18.7 Å². The minimum Gasteiger partial charge on any atom is -0.449 e. The number of hydrogen-bond acceptors (Lipinski definition) is 7. The van der Waals surface area contributed by atoms with Crippen molar-refractivity contribution in [2.24, 2.45) is 11.7 Å². The number of aromatic nitrogens is 3. The first kappa shape index (κ1) is 20.0. The highest BCUT2D eigenvalue weighted by Crippen LogP contribution is 2.28. The summed E-state index contributed by atoms with van der Waals surface area (Å²) in [7, 11) is 0. The molecule has 2 aromatic rings. The molecule has 2 amide bonds. The number of carbonyl (C=O) groups excluding carboxylic acids is 2. The van der Waals surface area contributed by atoms with Gasteiger partial charge in [-0.15, -0.1) is 0 Å². The fraction of sp³-hybridized carbons (Fsp3) is 0.450. The Bertz CT molecular complexity index is 948. The van der Waals surface area contributed by atoms with Crippen LogP contribution in [0, 0.1) is 11.7 Å². The van der Waals surface area contributed by atoms with Crippen molar-refractivity contribution >= 4 is 23.8 Å². The zero-order chi connectivity index (χ0) is 21.1. The highest BCUT2D eigenvalue weighted by atomic mass is 19.1. The van der Waals surface area contributed by atoms with E-state index in [-0.39, 0.29) is 23.6 Å². The minimum atomic E-state index is -0.573. The van der Waals surface area contributed by atoms with Crippen LogP contribution in [-0.4, -0.2) is 46.1 Å². The average Bonchev–Trinajstić information content (AvgIpc) is 2.76. The molecule has 3 heterocycles. The third-order valence-corrected chi connectivity index (χ3v) is 5.47. The molecule has 9 nitrogen and oxygen atoms in total. The second-order valence-corrected chi connectivity index (χ2v) is 7.51. The summed E-state index contributed by atoms with van der Waals surface area (Å²) in [6.07, 6.45) is 5.80. The average molecular weight is 414 g/mol. The molecule has 30 heavy (non-hydrogen) atoms. The summed E-state index contributed by atoms with van der Waals surface area (Å²) in [5.41, 5.74) is 5.98. The largest absolute Gasteiger partial charge is 0.449 e. The summed E-state index contributed by atoms with van der Waals surface area (Å²) in [5, 5.41) is 3.22. The number of rotatable bonds is 5. The van der Waals surface area contributed by atoms with E-state index >= 15 is 0 Å². The van der Waals surface area contributed by atoms with Gasteiger partial charge in [0, 0.05) is 30.3 Å². The molecule has 0 radical (unpaired) electrons. The molecule has 1 saturated carbocycles. The summed E-state index contributed by atoms with van der Waals surface area (Å²) < 4.78 is 19.5. The van der Waals surface area contributed by atoms with Gasteiger partial charge in [-0.2, -0.15) is 0 Å². The van der Waals surface area contributed by atoms with Crippen molar-refractivity contribution in [3.05, 3.63) is 30.3 Å². The van der Waals surface area contributed by atoms with Crippen molar-refractivity contribution in [1.82, 2.24) is 15.0 Å². The van der Waals surface area contributed by atoms with Crippen LogP contribution in [0.2, 0.25) is 0 Å². The van der Waals surface area contributed by atoms with Gasteiger partial charge in [0.2, 0.25) is 11.9 Å². The smallest absolute Gasteiger partial charge is 0.415 e. The molecule has 1 saturated heterocycles. The van der Waals surface area contributed by atoms with Gasteiger partial charge >= 0.3 is 6.09 Å². The molecular formula is C20H23FN6O3. The monoisotopic (exact) mass is 414 g/mol. The number of hydrogen-bond donors (Lipinski definition) is 2. The molecule has 4 rings (SSSR count). The van der Waals surface area contributed by atoms with Gasteiger partial charge in [0.25, 0.3) is 0 Å². The number of anilines is 2. The lowest BCUT2D eigenvalue weighted by Crippen LogP contribution is -2.38. The first-order valence-corrected chi connectivity index (χ1v) is 10.0. The molecular weight excluding hydrogens is 391 g/mol. The maximum atomic E-state index is 14.5. The molecule has 0 spiro atoms. The SMILES string of the molecule is NC(=O)[C@H]1CC[C@H](Nc2ncc(F)c(-c3ccnc(N4CCCOC4=O)c3)n2)CC1. The molecule has 2 aromatic heterocycles. The first-order chi connectivity index (χ1) is 14.5. The third kappa shape index (κ3) is 4.32. The lowest BCUT2D eigenvalue weighted by molar-refractivity contribution is -0.122. The lowest BCUT2D eigenvalue weighted by atomic mass is 9.86. The van der Waals surface area contributed by atoms with Gasteiger partial charge in [-0.3, -0.25) is 9.69 Å². The highest BCUT2D eigenvalue weighted by Gasteiger charge is 2.26. The van der Waals surface area contributed by atoms with E-state index in [2.05, 4.69) is 20.3 Å². The molecule has 0 aromatic carbocycles. The molecule has 2 aliphatic rings. The molecule has 1 aliphatic heterocycles. The van der Waals surface area contributed by atoms with E-state index in [1.165, 1.54) is 11.1 Å². The summed E-state index contributed by atoms with van der Waals surface area (Å²) in [6.45, 7) is 0.869. The number of carbonyl (C=O) groups is 2. The van der Waals surface area contributed by atoms with Crippen LogP contribution in [-0.2, 0) is 9.53 Å². The number of nitrogens with one attached hydrogen (secondary N) is 1. The molecule has 2 fully saturated rings. The van der Waals surface area contributed by atoms with Crippen LogP contribution in [0.4, 0.5) is 21.0 Å². The lowest BCUT2D eigenvalue weighted by Gasteiger charge is -2.27. The number of nitrogens with two attached hydrogens (primary N) is 1. The van der Waals surface area contributed by atoms with Gasteiger partial charge in [0.15, 0.2) is 5.82 Å². The predicted molar refractivity (Wildman–Crippen MR) is 107 cm³/mol. The van der Waals surface area contributed by atoms with E-state index in [9.17, 15) is 14.0 Å². The van der Waals surface area contributed by atoms with Crippen molar-refractivity contribution in [3.63, 3.8) is 0 Å². The first-order valence-electron chi connectivity index (χ1n) is 10.0. The van der Waals surface area contributed by atoms with E-state index in [0.717, 1.165) is 19.0 Å². The van der Waals surface area contributed by atoms with Gasteiger partial charge < -0.3 is 15.8 Å². The molecule has 3 N–H and O–H groups in total. The van der Waals surface area contributed by atoms with E-state index < -0.39 is 11.9 Å². The zero-order valence-electron chi connectivity index (χ0n) is 16.4. The van der Waals surface area contributed by atoms with Gasteiger partial charge in [-0.05, 0) is 44.2 Å². The minimum absolute atomic E-state index is 0.0926. The number of amides is 2. The molecule has 0 unspecified atom stereocenters. The third-order valence-electron chi connectivity index (χ3n) is 5.47. The molecule has 0 bridgehead atoms. The Kier molecular flexibility index (Phi) is 5.73. The second kappa shape index (κ2) is 8.60. The predicted octanol–water partition coefficient (Wildman–Crippen LogP) is 2.48. The second-order valence-electron chi connectivity index (χ2n) is 7.51. The summed E-state index contributed by atoms with van der Waals surface area (Å²) in [4.78, 5) is 37.3. The van der Waals surface area contributed by atoms with Gasteiger partial charge in [0.05, 0.1) is 12.8 Å². The van der Waals surface area contributed by atoms with Crippen LogP contribution in [0.25, 0.3) is 11.3 Å². The van der Waals surface area contributed by atoms with Crippen LogP contribution in [0.1, 0.15) is 32.1 Å². The van der Waals surface area contributed by atoms with E-state index in [1.54, 1.807) is 12.1 Å². The summed E-state index contributed by atoms with van der Waals surface area (Å²) in [5.74, 6) is -0.236. The summed E-state index contributed by atoms with van der Waals surface area (Å²) >= 11 is 0. The number of halogens is 1. The molecule has 1 aliphatic carbocycles. The Balaban J connectivity index is 1.52. The van der Waals surface area contributed by atoms with Gasteiger partial charge in [0.1, 0.15) is 11.5 Å². The highest BCUT2D eigenvalue weighted by molar-refractivity contribution is 5.87. The van der Waals surface area contributed by atoms with E-state index in [0.29, 0.717) is 49.7 Å². The molecule has 158 valence electrons. The topological polar surface area (TPSA) is 123 Å². The van der Waals surface area contributed by atoms with Crippen molar-refractivity contribution in [2.45, 2.75) is 38.1 Å². The van der Waals surface area contributed by atoms with Crippen LogP contribution in [0.5, 0.6) is 0 Å². The van der Waals surface area contributed by atoms with E-state index in [1.807, 2.05) is 0 Å². The fourth-order valence-electron chi connectivity index (χ4n) is 3.82. The summed E-state index contributed by atoms with van der Waals surface area (Å²) in [6, 6.07) is 3.33. The van der Waals surface area contributed by atoms with E-state index in [4.69, 9.17) is 10.5 Å². The maximum Gasteiger partial charge on any atom is 0.415 e. The standard InChI is InChI=1S/C20H23FN6O3/c21-15-11-24-19(25-14-4-2-12(3-5-14)18(22)28)26-17(15)13-6-7-23-16(10-13)27-8-1-9-30-20(27)29/h6-7,10-12,14H,1-5,8-9H2,(H2,22,28)(H,24,25,26)/t12-,14-. The van der Waals surface area contributed by atoms with Crippen molar-refractivity contribution in [1.29, 1.82) is 0 Å². The number of pyridine rings is 1. The van der Waals surface area contributed by atoms with Gasteiger partial charge in [-0.25, -0.2) is 24.1 Å². The number of primary amides is 1. The Labute approximate surface area is 172 Å². The van der Waals surface area contributed by atoms with Crippen molar-refractivity contribution in [2.75, 3.05) is 23.4 Å². The van der Waals surface area contributed by atoms with Crippen LogP contribution in [0.3, 0.4) is 0 Å². The normalized spacial score (nSPS) is 21.8. The Hall–Kier alpha value is -3.30. The van der Waals surface area contributed by atoms with Crippen LogP contribution < -0.4 is 16.0 Å². The number of ether oxygens (including phenoxy) is 1. The zero-order valence-corrected chi connectivity index (χ0v) is 16.4. The van der Waals surface area contributed by atoms with Gasteiger partial charge in [-0.1, -0.05) is 0 Å². The molecule has 0 atom stereocenters. The van der Waals surface area contributed by atoms with Crippen molar-refractivity contribution in [3.8, 4) is 11.3 Å². The molecule has 10 heteroatoms. The Morgan fingerprint density at radius 1 is 1.27 bits per heavy atom. The van der Waals surface area contributed by atoms with Crippen LogP contribution in [0.15, 0.2) is 24.5 Å². The number of cyclic esters (lactones) is 1. The van der Waals surface area contributed by atoms with Crippen LogP contribution >= 0.6 is 0 Å². The Morgan fingerprint density at radius 3 is 2.80 bits per heavy atom. The Morgan fingerprint density at radius 2 is 2.07 bits per heavy atom. The maximum absolute atomic E-state index is 14.5. The quantitative estimate of drug-likeness (QED) is 0.770.